The molecule has 13 rings (SSSR count). The van der Waals surface area contributed by atoms with E-state index in [9.17, 15) is 20.4 Å². The smallest absolute Gasteiger partial charge is 0.0752 e. The Balaban J connectivity index is 0.000000279. The molecule has 4 bridgehead atoms. The van der Waals surface area contributed by atoms with Crippen molar-refractivity contribution >= 4 is 0 Å². The van der Waals surface area contributed by atoms with Crippen LogP contribution in [-0.2, 0) is 0 Å². The fourth-order valence-electron chi connectivity index (χ4n) is 23.2. The molecule has 0 aromatic carbocycles. The van der Waals surface area contributed by atoms with E-state index in [0.29, 0.717) is 54.7 Å². The summed E-state index contributed by atoms with van der Waals surface area (Å²) in [5.41, 5.74) is 20.5. The van der Waals surface area contributed by atoms with Gasteiger partial charge in [0.25, 0.3) is 0 Å². The normalized spacial score (nSPS) is 32.6. The summed E-state index contributed by atoms with van der Waals surface area (Å²) >= 11 is 0. The van der Waals surface area contributed by atoms with Gasteiger partial charge in [0.1, 0.15) is 0 Å². The van der Waals surface area contributed by atoms with Crippen molar-refractivity contribution in [1.82, 2.24) is 0 Å². The number of fused-ring (bicyclic) bond motifs is 1. The van der Waals surface area contributed by atoms with Gasteiger partial charge in [0.2, 0.25) is 0 Å². The van der Waals surface area contributed by atoms with Gasteiger partial charge in [-0.3, -0.25) is 0 Å². The van der Waals surface area contributed by atoms with Crippen molar-refractivity contribution in [3.63, 3.8) is 0 Å². The average molecular weight is 1630 g/mol. The summed E-state index contributed by atoms with van der Waals surface area (Å²) in [6.45, 7) is 64.7. The average Bonchev–Trinajstić information content (AvgIpc) is 1.46. The van der Waals surface area contributed by atoms with Gasteiger partial charge in [0, 0.05) is 0 Å². The van der Waals surface area contributed by atoms with Gasteiger partial charge >= 0.3 is 0 Å². The minimum Gasteiger partial charge on any atom is -0.392 e. The molecule has 674 valence electrons. The van der Waals surface area contributed by atoms with Gasteiger partial charge in [-0.1, -0.05) is 249 Å². The number of hydrogen-bond donors (Lipinski definition) is 9. The largest absolute Gasteiger partial charge is 0.392 e. The Morgan fingerprint density at radius 1 is 0.615 bits per heavy atom. The zero-order valence-corrected chi connectivity index (χ0v) is 81.5. The van der Waals surface area contributed by atoms with Gasteiger partial charge in [0.05, 0.1) is 56.9 Å². The Bertz CT molecular complexity index is 3380. The van der Waals surface area contributed by atoms with Crippen molar-refractivity contribution in [2.24, 2.45) is 95.6 Å². The van der Waals surface area contributed by atoms with E-state index in [0.717, 1.165) is 128 Å². The molecule has 15 atom stereocenters. The Morgan fingerprint density at radius 2 is 1.21 bits per heavy atom. The van der Waals surface area contributed by atoms with Crippen molar-refractivity contribution in [2.75, 3.05) is 26.4 Å². The molecule has 0 aromatic heterocycles. The molecular formula is C108H188O9. The third kappa shape index (κ3) is 29.5. The van der Waals surface area contributed by atoms with Crippen LogP contribution < -0.4 is 0 Å². The summed E-state index contributed by atoms with van der Waals surface area (Å²) in [7, 11) is 0. The van der Waals surface area contributed by atoms with Crippen molar-refractivity contribution in [3.05, 3.63) is 128 Å². The highest BCUT2D eigenvalue weighted by Crippen LogP contribution is 2.87. The van der Waals surface area contributed by atoms with E-state index in [-0.39, 0.29) is 62.4 Å². The van der Waals surface area contributed by atoms with Crippen LogP contribution in [0.3, 0.4) is 0 Å². The first-order valence-electron chi connectivity index (χ1n) is 47.6. The Kier molecular flexibility index (Phi) is 42.3. The van der Waals surface area contributed by atoms with Crippen LogP contribution in [-0.4, -0.2) is 103 Å². The minimum atomic E-state index is -0.316. The van der Waals surface area contributed by atoms with Crippen LogP contribution >= 0.6 is 0 Å². The highest BCUT2D eigenvalue weighted by Gasteiger charge is 2.81. The van der Waals surface area contributed by atoms with Crippen LogP contribution in [0.4, 0.5) is 0 Å². The summed E-state index contributed by atoms with van der Waals surface area (Å²) < 4.78 is 0. The molecule has 0 aromatic rings. The summed E-state index contributed by atoms with van der Waals surface area (Å²) in [6.07, 6.45) is 58.5. The van der Waals surface area contributed by atoms with E-state index in [4.69, 9.17) is 25.5 Å². The molecule has 9 N–H and O–H groups in total. The quantitative estimate of drug-likeness (QED) is 0.0355. The maximum absolute atomic E-state index is 9.61. The van der Waals surface area contributed by atoms with Crippen molar-refractivity contribution < 1.29 is 46.0 Å². The van der Waals surface area contributed by atoms with Crippen molar-refractivity contribution in [3.8, 4) is 0 Å². The predicted molar refractivity (Wildman–Crippen MR) is 503 cm³/mol. The van der Waals surface area contributed by atoms with Gasteiger partial charge in [-0.05, 0) is 374 Å². The first kappa shape index (κ1) is 106. The van der Waals surface area contributed by atoms with E-state index in [1.807, 2.05) is 46.8 Å². The molecule has 9 unspecified atom stereocenters. The second-order valence-electron chi connectivity index (χ2n) is 44.3. The number of rotatable bonds is 23. The lowest BCUT2D eigenvalue weighted by Gasteiger charge is -2.55. The number of aliphatic hydroxyl groups is 9. The summed E-state index contributed by atoms with van der Waals surface area (Å²) in [6, 6.07) is 0. The van der Waals surface area contributed by atoms with E-state index in [2.05, 4.69) is 195 Å². The number of aliphatic hydroxyl groups excluding tert-OH is 9. The van der Waals surface area contributed by atoms with E-state index in [1.54, 1.807) is 25.5 Å². The molecule has 9 heteroatoms. The monoisotopic (exact) mass is 1630 g/mol. The van der Waals surface area contributed by atoms with Crippen LogP contribution in [0.2, 0.25) is 0 Å². The molecule has 10 fully saturated rings. The van der Waals surface area contributed by atoms with Crippen LogP contribution in [0, 0.1) is 95.6 Å². The van der Waals surface area contributed by atoms with Crippen molar-refractivity contribution in [1.29, 1.82) is 0 Å². The maximum Gasteiger partial charge on any atom is 0.0752 e. The minimum absolute atomic E-state index is 0.0666. The molecule has 0 aliphatic heterocycles. The summed E-state index contributed by atoms with van der Waals surface area (Å²) in [5, 5.41) is 82.9. The van der Waals surface area contributed by atoms with Gasteiger partial charge in [-0.15, -0.1) is 0 Å². The van der Waals surface area contributed by atoms with Gasteiger partial charge < -0.3 is 46.0 Å². The predicted octanol–water partition coefficient (Wildman–Crippen LogP) is 27.2. The molecule has 117 heavy (non-hydrogen) atoms. The lowest BCUT2D eigenvalue weighted by molar-refractivity contribution is -0.0388. The van der Waals surface area contributed by atoms with E-state index >= 15 is 0 Å². The molecule has 0 radical (unpaired) electrons. The molecular weight excluding hydrogens is 1440 g/mol. The second-order valence-corrected chi connectivity index (χ2v) is 44.3. The van der Waals surface area contributed by atoms with Gasteiger partial charge in [0.15, 0.2) is 0 Å². The Morgan fingerprint density at radius 3 is 1.64 bits per heavy atom. The Labute approximate surface area is 721 Å². The standard InChI is InChI=1S/C16H26O.C15H24O.C14H24O.C13H22O.C11H20O.C11H22O.C10H16O.C10H18O.C8H16O/c1-11-12(10-17)8-15(4)7-5-6-14(2,3)16(15)9-13(11)16;1-10(9-16)5-4-6-14(2)11-7-12-13(8-11)15(12,14)3;1-10(9-15)5-6-11-7-12-8-14(12,4)13(11,2)3;1-10(9-14)5-7-12-8-6-11(2)13(12,3)4;1-9(2)6-5-7-10(3)8-11(4)12;1-4-6-7-9-11(12)10(3)8-5-2;11-10-7-3-6-9(10)8-4-1-2-5-8;1-8(11)9-5-4-6-10(2,3)7-9;1-7(9)5-6-8(2,3)4/h13,17H,5-10H2,1-4H3;5,11-13,16H,4,6-9H2,1-3H3;5,11-12,15H,6-9H2,1-4H3;5-6,12,14H,7-9H2,1-4H3;6,8,11-12H,5,7H2,1-4H3;8,11-12H,4-7,9H2,1-3H3;10-11H,1-7H2;7-8,11H,4-6H2,1-3H3;5-7,9H,1-4H3/b;10-5-;2*10-5+;2*10-8+;;;6-5+/t13-,15-,16-;;11-,12?,14-;12-;;;;;/m0.00...../s1. The topological polar surface area (TPSA) is 182 Å². The van der Waals surface area contributed by atoms with Gasteiger partial charge in [-0.25, -0.2) is 0 Å². The Hall–Kier alpha value is -3.22. The van der Waals surface area contributed by atoms with Crippen LogP contribution in [0.5, 0.6) is 0 Å². The molecule has 10 saturated carbocycles. The van der Waals surface area contributed by atoms with E-state index < -0.39 is 0 Å². The first-order valence-corrected chi connectivity index (χ1v) is 47.6. The highest BCUT2D eigenvalue weighted by molar-refractivity contribution is 5.38. The van der Waals surface area contributed by atoms with Crippen LogP contribution in [0.1, 0.15) is 400 Å². The molecule has 0 amide bonds. The number of hydrogen-bond acceptors (Lipinski definition) is 9. The highest BCUT2D eigenvalue weighted by atomic mass is 16.3. The third-order valence-corrected chi connectivity index (χ3v) is 32.4. The fraction of sp³-hybridized carbons (Fsp3) is 0.796. The zero-order valence-electron chi connectivity index (χ0n) is 81.5. The SMILES string of the molecule is C/C(=C/CCC1(C)C2CC3C(C2)C31C)CO.C/C(=C\C[C@H]1CC2C[C@]2(C)C1(C)C)CO.CC(C)=CCC/C(C)=C/C(C)O.CC(O)/C=C/C(C)(C)C.CC(O)C1=CC(C)(C)CCC1.CC/C=C(\C)C(O)CCCCC.CC1=C(CO)C[C@]2(C)CCCC(C)(C)[C@@]23C[C@@H]13.CC1=CC[C@H](C/C=C(\C)CO)C1(C)C.OC1CCCC1=C1CCCC1. The molecule has 0 heterocycles. The van der Waals surface area contributed by atoms with Gasteiger partial charge in [-0.2, -0.15) is 0 Å². The molecule has 9 nitrogen and oxygen atoms in total. The number of allylic oxidation sites excluding steroid dienone is 13. The molecule has 1 spiro atoms. The summed E-state index contributed by atoms with van der Waals surface area (Å²) in [4.78, 5) is 0. The lowest BCUT2D eigenvalue weighted by atomic mass is 9.49. The fourth-order valence-corrected chi connectivity index (χ4v) is 23.2. The zero-order chi connectivity index (χ0) is 88.7. The molecule has 13 aliphatic carbocycles. The maximum atomic E-state index is 9.61. The molecule has 13 aliphatic rings. The lowest BCUT2D eigenvalue weighted by Crippen LogP contribution is -2.47. The number of unbranched alkanes of at least 4 members (excludes halogenated alkanes) is 2. The third-order valence-electron chi connectivity index (χ3n) is 32.4. The van der Waals surface area contributed by atoms with Crippen LogP contribution in [0.25, 0.3) is 0 Å². The second kappa shape index (κ2) is 46.7. The summed E-state index contributed by atoms with van der Waals surface area (Å²) in [5.74, 6) is 6.46. The van der Waals surface area contributed by atoms with Crippen molar-refractivity contribution in [2.45, 2.75) is 430 Å². The molecule has 0 saturated heterocycles. The first-order chi connectivity index (χ1) is 54.4. The van der Waals surface area contributed by atoms with Crippen LogP contribution in [0.15, 0.2) is 128 Å². The van der Waals surface area contributed by atoms with E-state index in [1.165, 1.54) is 167 Å².